The zero-order valence-electron chi connectivity index (χ0n) is 12.1. The van der Waals surface area contributed by atoms with Gasteiger partial charge in [0.1, 0.15) is 6.61 Å². The molecule has 0 aliphatic rings. The molecular formula is C17H14O4. The monoisotopic (exact) mass is 282 g/mol. The Morgan fingerprint density at radius 3 is 2.19 bits per heavy atom. The van der Waals surface area contributed by atoms with Gasteiger partial charge in [-0.05, 0) is 54.4 Å². The molecule has 0 amide bonds. The lowest BCUT2D eigenvalue weighted by Crippen LogP contribution is -2.21. The van der Waals surface area contributed by atoms with Crippen molar-refractivity contribution in [2.24, 2.45) is 0 Å². The molecule has 4 heteroatoms. The van der Waals surface area contributed by atoms with E-state index < -0.39 is 18.0 Å². The van der Waals surface area contributed by atoms with E-state index in [0.717, 1.165) is 0 Å². The number of esters is 2. The van der Waals surface area contributed by atoms with Crippen molar-refractivity contribution in [2.75, 3.05) is 6.61 Å². The van der Waals surface area contributed by atoms with E-state index in [4.69, 9.17) is 9.47 Å². The largest absolute Gasteiger partial charge is 0.461 e. The van der Waals surface area contributed by atoms with E-state index in [1.807, 2.05) is 6.92 Å². The van der Waals surface area contributed by atoms with Crippen LogP contribution in [0, 0.1) is 47.4 Å². The fourth-order valence-corrected chi connectivity index (χ4v) is 0.901. The van der Waals surface area contributed by atoms with Gasteiger partial charge in [0.15, 0.2) is 6.10 Å². The third-order valence-corrected chi connectivity index (χ3v) is 1.61. The summed E-state index contributed by atoms with van der Waals surface area (Å²) in [6, 6.07) is 0. The van der Waals surface area contributed by atoms with E-state index in [1.165, 1.54) is 13.8 Å². The topological polar surface area (TPSA) is 52.6 Å². The molecule has 0 spiro atoms. The van der Waals surface area contributed by atoms with Crippen LogP contribution in [0.15, 0.2) is 12.2 Å². The number of hydrogen-bond donors (Lipinski definition) is 0. The van der Waals surface area contributed by atoms with Crippen LogP contribution in [-0.2, 0) is 19.1 Å². The lowest BCUT2D eigenvalue weighted by Gasteiger charge is -2.09. The smallest absolute Gasteiger partial charge is 0.303 e. The number of ether oxygens (including phenoxy) is 2. The summed E-state index contributed by atoms with van der Waals surface area (Å²) < 4.78 is 9.57. The highest BCUT2D eigenvalue weighted by Gasteiger charge is 2.10. The van der Waals surface area contributed by atoms with Crippen molar-refractivity contribution in [1.82, 2.24) is 0 Å². The minimum absolute atomic E-state index is 0.135. The lowest BCUT2D eigenvalue weighted by atomic mass is 10.3. The third-order valence-electron chi connectivity index (χ3n) is 1.61. The fraction of sp³-hybridized carbons (Fsp3) is 0.294. The molecule has 0 radical (unpaired) electrons. The van der Waals surface area contributed by atoms with Crippen molar-refractivity contribution in [3.8, 4) is 47.4 Å². The number of rotatable bonds is 3. The maximum atomic E-state index is 10.8. The first kappa shape index (κ1) is 17.9. The summed E-state index contributed by atoms with van der Waals surface area (Å²) in [4.78, 5) is 21.5. The molecule has 0 saturated heterocycles. The third kappa shape index (κ3) is 13.2. The molecule has 1 atom stereocenters. The normalized spacial score (nSPS) is 9.29. The molecule has 0 aromatic carbocycles. The Morgan fingerprint density at radius 2 is 1.62 bits per heavy atom. The Bertz CT molecular complexity index is 640. The van der Waals surface area contributed by atoms with E-state index in [1.54, 1.807) is 12.2 Å². The fourth-order valence-electron chi connectivity index (χ4n) is 0.901. The molecule has 0 fully saturated rings. The molecule has 0 aromatic heterocycles. The first-order chi connectivity index (χ1) is 10.1. The Hall–Kier alpha value is -3.08. The van der Waals surface area contributed by atoms with Gasteiger partial charge in [0.05, 0.1) is 0 Å². The zero-order chi connectivity index (χ0) is 15.9. The predicted octanol–water partition coefficient (Wildman–Crippen LogP) is 1.07. The molecule has 0 rings (SSSR count). The molecule has 4 nitrogen and oxygen atoms in total. The van der Waals surface area contributed by atoms with Crippen LogP contribution in [0.3, 0.4) is 0 Å². The molecule has 0 heterocycles. The summed E-state index contributed by atoms with van der Waals surface area (Å²) in [5, 5.41) is 0. The summed E-state index contributed by atoms with van der Waals surface area (Å²) in [6.45, 7) is 4.21. The molecule has 21 heavy (non-hydrogen) atoms. The molecule has 0 unspecified atom stereocenters. The Kier molecular flexibility index (Phi) is 10.2. The summed E-state index contributed by atoms with van der Waals surface area (Å²) in [7, 11) is 0. The van der Waals surface area contributed by atoms with Crippen LogP contribution in [-0.4, -0.2) is 24.6 Å². The second-order valence-electron chi connectivity index (χ2n) is 3.44. The van der Waals surface area contributed by atoms with Gasteiger partial charge in [0.2, 0.25) is 0 Å². The average Bonchev–Trinajstić information content (AvgIpc) is 2.42. The highest BCUT2D eigenvalue weighted by molar-refractivity contribution is 5.67. The van der Waals surface area contributed by atoms with Crippen molar-refractivity contribution in [3.63, 3.8) is 0 Å². The van der Waals surface area contributed by atoms with Crippen LogP contribution in [0.4, 0.5) is 0 Å². The van der Waals surface area contributed by atoms with Crippen LogP contribution in [0.1, 0.15) is 20.8 Å². The van der Waals surface area contributed by atoms with Crippen LogP contribution in [0.25, 0.3) is 0 Å². The van der Waals surface area contributed by atoms with Gasteiger partial charge in [-0.25, -0.2) is 0 Å². The minimum atomic E-state index is -0.844. The molecule has 0 saturated carbocycles. The van der Waals surface area contributed by atoms with Crippen LogP contribution >= 0.6 is 0 Å². The summed E-state index contributed by atoms with van der Waals surface area (Å²) in [5.41, 5.74) is 0. The van der Waals surface area contributed by atoms with Gasteiger partial charge in [-0.2, -0.15) is 0 Å². The Labute approximate surface area is 124 Å². The van der Waals surface area contributed by atoms with Crippen LogP contribution in [0.5, 0.6) is 0 Å². The molecule has 106 valence electrons. The number of allylic oxidation sites excluding steroid dienone is 2. The van der Waals surface area contributed by atoms with Gasteiger partial charge in [-0.3, -0.25) is 9.59 Å². The van der Waals surface area contributed by atoms with Gasteiger partial charge >= 0.3 is 11.9 Å². The number of carbonyl (C=O) groups is 2. The van der Waals surface area contributed by atoms with Gasteiger partial charge in [-0.15, -0.1) is 0 Å². The van der Waals surface area contributed by atoms with E-state index in [2.05, 4.69) is 47.4 Å². The maximum Gasteiger partial charge on any atom is 0.303 e. The first-order valence-corrected chi connectivity index (χ1v) is 5.99. The Balaban J connectivity index is 4.56. The zero-order valence-corrected chi connectivity index (χ0v) is 12.1. The lowest BCUT2D eigenvalue weighted by molar-refractivity contribution is -0.152. The van der Waals surface area contributed by atoms with Crippen molar-refractivity contribution < 1.29 is 19.1 Å². The number of carbonyl (C=O) groups excluding carboxylic acids is 2. The standard InChI is InChI=1S/C17H14O4/c1-4-5-6-7-8-9-10-11-12-13-17(21-16(3)19)14-20-15(2)18/h4-5,17H,14H2,1-3H3/b5-4+/t17-/m0/s1. The highest BCUT2D eigenvalue weighted by atomic mass is 16.6. The second-order valence-corrected chi connectivity index (χ2v) is 3.44. The average molecular weight is 282 g/mol. The van der Waals surface area contributed by atoms with Gasteiger partial charge in [0.25, 0.3) is 0 Å². The van der Waals surface area contributed by atoms with Crippen LogP contribution in [0.2, 0.25) is 0 Å². The van der Waals surface area contributed by atoms with Crippen molar-refractivity contribution in [1.29, 1.82) is 0 Å². The van der Waals surface area contributed by atoms with E-state index >= 15 is 0 Å². The van der Waals surface area contributed by atoms with Crippen molar-refractivity contribution in [2.45, 2.75) is 26.9 Å². The Morgan fingerprint density at radius 1 is 1.00 bits per heavy atom. The predicted molar refractivity (Wildman–Crippen MR) is 78.1 cm³/mol. The summed E-state index contributed by atoms with van der Waals surface area (Å²) in [6.07, 6.45) is 2.62. The van der Waals surface area contributed by atoms with Crippen LogP contribution < -0.4 is 0 Å². The first-order valence-electron chi connectivity index (χ1n) is 5.99. The minimum Gasteiger partial charge on any atom is -0.461 e. The van der Waals surface area contributed by atoms with Gasteiger partial charge in [-0.1, -0.05) is 12.0 Å². The van der Waals surface area contributed by atoms with E-state index in [9.17, 15) is 9.59 Å². The molecular weight excluding hydrogens is 268 g/mol. The molecule has 0 aromatic rings. The SMILES string of the molecule is C/C=C/C#CC#CC#CC#C[C@@H](COC(C)=O)OC(C)=O. The quantitative estimate of drug-likeness (QED) is 0.574. The van der Waals surface area contributed by atoms with E-state index in [-0.39, 0.29) is 6.61 Å². The maximum absolute atomic E-state index is 10.8. The molecule has 0 aliphatic carbocycles. The van der Waals surface area contributed by atoms with Crippen molar-refractivity contribution >= 4 is 11.9 Å². The molecule has 0 aliphatic heterocycles. The van der Waals surface area contributed by atoms with Gasteiger partial charge in [0, 0.05) is 13.8 Å². The second kappa shape index (κ2) is 12.0. The van der Waals surface area contributed by atoms with Gasteiger partial charge < -0.3 is 9.47 Å². The summed E-state index contributed by atoms with van der Waals surface area (Å²) in [5.74, 6) is 19.2. The summed E-state index contributed by atoms with van der Waals surface area (Å²) >= 11 is 0. The molecule has 0 bridgehead atoms. The highest BCUT2D eigenvalue weighted by Crippen LogP contribution is 1.93. The van der Waals surface area contributed by atoms with Crippen molar-refractivity contribution in [3.05, 3.63) is 12.2 Å². The number of hydrogen-bond acceptors (Lipinski definition) is 4. The molecule has 0 N–H and O–H groups in total. The van der Waals surface area contributed by atoms with E-state index in [0.29, 0.717) is 0 Å².